The highest BCUT2D eigenvalue weighted by atomic mass is 35.5. The van der Waals surface area contributed by atoms with Crippen LogP contribution in [0.2, 0.25) is 5.02 Å². The number of carbonyl (C=O) groups excluding carboxylic acids is 2. The number of ether oxygens (including phenoxy) is 2. The fraction of sp³-hybridized carbons (Fsp3) is 0.176. The molecule has 0 atom stereocenters. The molecule has 0 unspecified atom stereocenters. The molecule has 8 nitrogen and oxygen atoms in total. The van der Waals surface area contributed by atoms with Crippen molar-refractivity contribution in [3.8, 4) is 5.75 Å². The van der Waals surface area contributed by atoms with Gasteiger partial charge in [0.2, 0.25) is 0 Å². The second-order valence-corrected chi connectivity index (χ2v) is 5.53. The molecule has 0 fully saturated rings. The Morgan fingerprint density at radius 3 is 2.65 bits per heavy atom. The van der Waals surface area contributed by atoms with Gasteiger partial charge in [-0.2, -0.15) is 0 Å². The van der Waals surface area contributed by atoms with E-state index in [9.17, 15) is 19.7 Å². The zero-order chi connectivity index (χ0) is 19.1. The molecule has 0 aliphatic carbocycles. The van der Waals surface area contributed by atoms with E-state index < -0.39 is 23.4 Å². The lowest BCUT2D eigenvalue weighted by atomic mass is 10.1. The summed E-state index contributed by atoms with van der Waals surface area (Å²) in [6.45, 7) is -0.523. The van der Waals surface area contributed by atoms with E-state index in [1.54, 1.807) is 24.3 Å². The van der Waals surface area contributed by atoms with E-state index in [0.29, 0.717) is 11.3 Å². The molecule has 0 bridgehead atoms. The predicted molar refractivity (Wildman–Crippen MR) is 94.4 cm³/mol. The van der Waals surface area contributed by atoms with Gasteiger partial charge in [0.05, 0.1) is 18.5 Å². The number of halogens is 1. The third-order valence-corrected chi connectivity index (χ3v) is 3.64. The lowest BCUT2D eigenvalue weighted by Gasteiger charge is -2.09. The first-order valence-electron chi connectivity index (χ1n) is 7.42. The van der Waals surface area contributed by atoms with E-state index in [2.05, 4.69) is 5.32 Å². The van der Waals surface area contributed by atoms with Crippen LogP contribution in [0.1, 0.15) is 5.56 Å². The van der Waals surface area contributed by atoms with Crippen LogP contribution in [0.25, 0.3) is 0 Å². The van der Waals surface area contributed by atoms with E-state index in [-0.39, 0.29) is 22.8 Å². The van der Waals surface area contributed by atoms with Gasteiger partial charge in [0.15, 0.2) is 6.61 Å². The monoisotopic (exact) mass is 378 g/mol. The van der Waals surface area contributed by atoms with Crippen LogP contribution in [0.4, 0.5) is 11.4 Å². The van der Waals surface area contributed by atoms with E-state index in [1.807, 2.05) is 0 Å². The number of carbonyl (C=O) groups is 2. The average molecular weight is 379 g/mol. The topological polar surface area (TPSA) is 108 Å². The molecule has 1 N–H and O–H groups in total. The quantitative estimate of drug-likeness (QED) is 0.451. The largest absolute Gasteiger partial charge is 0.496 e. The number of para-hydroxylation sites is 1. The number of nitro groups is 1. The van der Waals surface area contributed by atoms with Gasteiger partial charge in [-0.05, 0) is 18.2 Å². The van der Waals surface area contributed by atoms with Gasteiger partial charge in [0, 0.05) is 17.3 Å². The number of anilines is 1. The average Bonchev–Trinajstić information content (AvgIpc) is 2.62. The zero-order valence-corrected chi connectivity index (χ0v) is 14.5. The smallest absolute Gasteiger partial charge is 0.310 e. The summed E-state index contributed by atoms with van der Waals surface area (Å²) in [5.74, 6) is -0.691. The Balaban J connectivity index is 1.89. The summed E-state index contributed by atoms with van der Waals surface area (Å²) in [6.07, 6.45) is -0.0519. The molecule has 2 aromatic rings. The first-order valence-corrected chi connectivity index (χ1v) is 7.80. The normalized spacial score (nSPS) is 10.1. The highest BCUT2D eigenvalue weighted by Gasteiger charge is 2.15. The maximum atomic E-state index is 11.9. The van der Waals surface area contributed by atoms with Gasteiger partial charge in [-0.25, -0.2) is 0 Å². The fourth-order valence-electron chi connectivity index (χ4n) is 2.13. The molecule has 0 aliphatic heterocycles. The lowest BCUT2D eigenvalue weighted by molar-refractivity contribution is -0.384. The number of esters is 1. The molecule has 1 amide bonds. The zero-order valence-electron chi connectivity index (χ0n) is 13.7. The Morgan fingerprint density at radius 2 is 1.96 bits per heavy atom. The van der Waals surface area contributed by atoms with Crippen molar-refractivity contribution < 1.29 is 24.0 Å². The minimum Gasteiger partial charge on any atom is -0.496 e. The summed E-state index contributed by atoms with van der Waals surface area (Å²) in [4.78, 5) is 33.9. The van der Waals surface area contributed by atoms with Gasteiger partial charge in [-0.15, -0.1) is 0 Å². The second kappa shape index (κ2) is 8.82. The van der Waals surface area contributed by atoms with Crippen LogP contribution in [0, 0.1) is 10.1 Å². The van der Waals surface area contributed by atoms with Crippen LogP contribution in [-0.2, 0) is 20.7 Å². The number of amides is 1. The number of benzene rings is 2. The Bertz CT molecular complexity index is 840. The number of nitro benzene ring substituents is 1. The third-order valence-electron chi connectivity index (χ3n) is 3.32. The second-order valence-electron chi connectivity index (χ2n) is 5.12. The number of hydrogen-bond donors (Lipinski definition) is 1. The van der Waals surface area contributed by atoms with Crippen LogP contribution in [0.5, 0.6) is 5.75 Å². The maximum absolute atomic E-state index is 11.9. The van der Waals surface area contributed by atoms with Gasteiger partial charge in [0.25, 0.3) is 11.6 Å². The first-order chi connectivity index (χ1) is 12.4. The van der Waals surface area contributed by atoms with E-state index in [1.165, 1.54) is 19.2 Å². The fourth-order valence-corrected chi connectivity index (χ4v) is 2.32. The van der Waals surface area contributed by atoms with Crippen LogP contribution in [0.3, 0.4) is 0 Å². The summed E-state index contributed by atoms with van der Waals surface area (Å²) in [5, 5.41) is 13.2. The van der Waals surface area contributed by atoms with Crippen molar-refractivity contribution in [2.75, 3.05) is 19.0 Å². The van der Waals surface area contributed by atoms with Gasteiger partial charge in [-0.1, -0.05) is 29.8 Å². The van der Waals surface area contributed by atoms with Crippen LogP contribution in [-0.4, -0.2) is 30.5 Å². The van der Waals surface area contributed by atoms with E-state index >= 15 is 0 Å². The Labute approximate surface area is 153 Å². The van der Waals surface area contributed by atoms with Gasteiger partial charge in [0.1, 0.15) is 10.8 Å². The van der Waals surface area contributed by atoms with Gasteiger partial charge >= 0.3 is 5.97 Å². The van der Waals surface area contributed by atoms with Crippen molar-refractivity contribution in [1.29, 1.82) is 0 Å². The lowest BCUT2D eigenvalue weighted by Crippen LogP contribution is -2.21. The molecule has 2 rings (SSSR count). The van der Waals surface area contributed by atoms with Gasteiger partial charge in [-0.3, -0.25) is 19.7 Å². The number of rotatable bonds is 7. The third kappa shape index (κ3) is 5.18. The Morgan fingerprint density at radius 1 is 1.23 bits per heavy atom. The number of nitrogens with one attached hydrogen (secondary N) is 1. The highest BCUT2D eigenvalue weighted by molar-refractivity contribution is 6.32. The minimum absolute atomic E-state index is 0.0452. The molecule has 0 saturated carbocycles. The molecule has 0 radical (unpaired) electrons. The number of nitrogens with zero attached hydrogens (tertiary/aromatic N) is 1. The highest BCUT2D eigenvalue weighted by Crippen LogP contribution is 2.27. The van der Waals surface area contributed by atoms with Crippen LogP contribution < -0.4 is 10.1 Å². The van der Waals surface area contributed by atoms with Crippen molar-refractivity contribution in [3.63, 3.8) is 0 Å². The molecule has 0 heterocycles. The van der Waals surface area contributed by atoms with E-state index in [4.69, 9.17) is 21.1 Å². The molecule has 0 aromatic heterocycles. The number of methoxy groups -OCH3 is 1. The predicted octanol–water partition coefficient (Wildman–Crippen LogP) is 2.98. The Kier molecular flexibility index (Phi) is 6.51. The molecule has 0 saturated heterocycles. The molecule has 9 heteroatoms. The summed E-state index contributed by atoms with van der Waals surface area (Å²) < 4.78 is 10.1. The first kappa shape index (κ1) is 19.2. The van der Waals surface area contributed by atoms with Crippen LogP contribution >= 0.6 is 11.6 Å². The standard InChI is InChI=1S/C17H15ClN2O6/c1-25-15-5-3-2-4-11(15)8-17(22)26-10-16(21)19-12-6-7-13(18)14(9-12)20(23)24/h2-7,9H,8,10H2,1H3,(H,19,21). The SMILES string of the molecule is COc1ccccc1CC(=O)OCC(=O)Nc1ccc(Cl)c([N+](=O)[O-])c1. The minimum atomic E-state index is -0.661. The molecule has 0 spiro atoms. The summed E-state index contributed by atoms with van der Waals surface area (Å²) >= 11 is 5.70. The van der Waals surface area contributed by atoms with Crippen molar-refractivity contribution in [2.45, 2.75) is 6.42 Å². The maximum Gasteiger partial charge on any atom is 0.310 e. The molecule has 26 heavy (non-hydrogen) atoms. The van der Waals surface area contributed by atoms with Crippen molar-refractivity contribution in [2.24, 2.45) is 0 Å². The van der Waals surface area contributed by atoms with Gasteiger partial charge < -0.3 is 14.8 Å². The van der Waals surface area contributed by atoms with E-state index in [0.717, 1.165) is 6.07 Å². The van der Waals surface area contributed by atoms with Crippen molar-refractivity contribution in [1.82, 2.24) is 0 Å². The van der Waals surface area contributed by atoms with Crippen LogP contribution in [0.15, 0.2) is 42.5 Å². The number of hydrogen-bond acceptors (Lipinski definition) is 6. The summed E-state index contributed by atoms with van der Waals surface area (Å²) in [6, 6.07) is 10.8. The summed E-state index contributed by atoms with van der Waals surface area (Å²) in [7, 11) is 1.49. The van der Waals surface area contributed by atoms with Crippen molar-refractivity contribution >= 4 is 34.9 Å². The molecule has 136 valence electrons. The molecule has 2 aromatic carbocycles. The van der Waals surface area contributed by atoms with Crippen molar-refractivity contribution in [3.05, 3.63) is 63.2 Å². The molecular formula is C17H15ClN2O6. The molecular weight excluding hydrogens is 364 g/mol. The molecule has 0 aliphatic rings. The Hall–Kier alpha value is -3.13. The summed E-state index contributed by atoms with van der Waals surface area (Å²) in [5.41, 5.74) is 0.471.